The van der Waals surface area contributed by atoms with Gasteiger partial charge in [0.15, 0.2) is 0 Å². The summed E-state index contributed by atoms with van der Waals surface area (Å²) in [5.74, 6) is -0.344. The van der Waals surface area contributed by atoms with Crippen LogP contribution in [0, 0.1) is 0 Å². The van der Waals surface area contributed by atoms with Gasteiger partial charge in [0, 0.05) is 6.07 Å². The number of hydrogen-bond acceptors (Lipinski definition) is 8. The molecule has 4 rings (SSSR count). The van der Waals surface area contributed by atoms with Crippen LogP contribution in [0.3, 0.4) is 0 Å². The van der Waals surface area contributed by atoms with Crippen molar-refractivity contribution in [2.75, 3.05) is 6.61 Å². The number of ether oxygens (including phenoxy) is 4. The molecule has 0 aromatic heterocycles. The van der Waals surface area contributed by atoms with E-state index in [9.17, 15) is 19.5 Å². The maximum atomic E-state index is 12.7. The molecule has 0 amide bonds. The number of carbonyl (C=O) groups excluding carboxylic acids is 3. The molecule has 0 radical (unpaired) electrons. The monoisotopic (exact) mass is 638 g/mol. The van der Waals surface area contributed by atoms with Crippen molar-refractivity contribution in [3.63, 3.8) is 0 Å². The summed E-state index contributed by atoms with van der Waals surface area (Å²) in [4.78, 5) is 37.7. The van der Waals surface area contributed by atoms with Gasteiger partial charge in [-0.25, -0.2) is 14.4 Å². The smallest absolute Gasteiger partial charge is 0.343 e. The molecule has 47 heavy (non-hydrogen) atoms. The Hall–Kier alpha value is -5.11. The Morgan fingerprint density at radius 3 is 1.38 bits per heavy atom. The zero-order valence-electron chi connectivity index (χ0n) is 26.8. The third kappa shape index (κ3) is 12.0. The van der Waals surface area contributed by atoms with Gasteiger partial charge < -0.3 is 24.1 Å². The number of rotatable bonds is 18. The van der Waals surface area contributed by atoms with E-state index in [2.05, 4.69) is 6.92 Å². The highest BCUT2D eigenvalue weighted by molar-refractivity contribution is 5.95. The minimum absolute atomic E-state index is 0.0330. The second-order valence-corrected chi connectivity index (χ2v) is 11.3. The average molecular weight is 639 g/mol. The van der Waals surface area contributed by atoms with Crippen molar-refractivity contribution in [2.24, 2.45) is 0 Å². The van der Waals surface area contributed by atoms with E-state index in [1.165, 1.54) is 106 Å². The van der Waals surface area contributed by atoms with E-state index < -0.39 is 17.9 Å². The molecule has 0 aliphatic rings. The third-order valence-electron chi connectivity index (χ3n) is 7.49. The van der Waals surface area contributed by atoms with Crippen LogP contribution in [0.4, 0.5) is 0 Å². The van der Waals surface area contributed by atoms with Crippen molar-refractivity contribution in [3.8, 4) is 28.7 Å². The van der Waals surface area contributed by atoms with Crippen LogP contribution in [0.1, 0.15) is 102 Å². The summed E-state index contributed by atoms with van der Waals surface area (Å²) in [6.45, 7) is 2.90. The van der Waals surface area contributed by atoms with E-state index in [0.29, 0.717) is 12.4 Å². The molecular formula is C39H42O8. The number of carbonyl (C=O) groups is 3. The fourth-order valence-corrected chi connectivity index (χ4v) is 4.82. The highest BCUT2D eigenvalue weighted by Crippen LogP contribution is 2.23. The molecule has 0 aliphatic carbocycles. The van der Waals surface area contributed by atoms with Gasteiger partial charge >= 0.3 is 17.9 Å². The normalized spacial score (nSPS) is 10.7. The predicted octanol–water partition coefficient (Wildman–Crippen LogP) is 9.35. The highest BCUT2D eigenvalue weighted by Gasteiger charge is 2.14. The summed E-state index contributed by atoms with van der Waals surface area (Å²) in [6.07, 6.45) is 12.7. The van der Waals surface area contributed by atoms with E-state index in [0.717, 1.165) is 18.6 Å². The summed E-state index contributed by atoms with van der Waals surface area (Å²) in [5.41, 5.74) is 0.743. The molecule has 246 valence electrons. The zero-order valence-corrected chi connectivity index (χ0v) is 26.8. The van der Waals surface area contributed by atoms with E-state index in [1.54, 1.807) is 42.5 Å². The van der Waals surface area contributed by atoms with Gasteiger partial charge in [0.05, 0.1) is 23.3 Å². The number of hydrogen-bond donors (Lipinski definition) is 1. The van der Waals surface area contributed by atoms with Crippen LogP contribution in [0.2, 0.25) is 0 Å². The molecule has 1 N–H and O–H groups in total. The molecular weight excluding hydrogens is 596 g/mol. The Bertz CT molecular complexity index is 1560. The first kappa shape index (κ1) is 34.8. The fourth-order valence-electron chi connectivity index (χ4n) is 4.82. The van der Waals surface area contributed by atoms with Gasteiger partial charge in [0.25, 0.3) is 0 Å². The molecule has 4 aromatic rings. The van der Waals surface area contributed by atoms with Crippen molar-refractivity contribution in [1.29, 1.82) is 0 Å². The Labute approximate surface area is 276 Å². The Kier molecular flexibility index (Phi) is 13.9. The molecule has 0 spiro atoms. The summed E-state index contributed by atoms with van der Waals surface area (Å²) < 4.78 is 22.1. The molecule has 0 fully saturated rings. The second kappa shape index (κ2) is 18.8. The number of phenols is 1. The topological polar surface area (TPSA) is 108 Å². The molecule has 0 unspecified atom stereocenters. The summed E-state index contributed by atoms with van der Waals surface area (Å²) in [5, 5.41) is 9.39. The third-order valence-corrected chi connectivity index (χ3v) is 7.49. The molecule has 0 bridgehead atoms. The Morgan fingerprint density at radius 2 is 0.894 bits per heavy atom. The maximum Gasteiger partial charge on any atom is 0.343 e. The van der Waals surface area contributed by atoms with Gasteiger partial charge in [-0.2, -0.15) is 0 Å². The van der Waals surface area contributed by atoms with Gasteiger partial charge in [-0.15, -0.1) is 0 Å². The lowest BCUT2D eigenvalue weighted by Gasteiger charge is -2.09. The molecule has 8 nitrogen and oxygen atoms in total. The predicted molar refractivity (Wildman–Crippen MR) is 180 cm³/mol. The van der Waals surface area contributed by atoms with Gasteiger partial charge in [-0.3, -0.25) is 0 Å². The molecule has 0 aliphatic heterocycles. The lowest BCUT2D eigenvalue weighted by atomic mass is 10.1. The molecule has 0 atom stereocenters. The van der Waals surface area contributed by atoms with Crippen LogP contribution in [-0.4, -0.2) is 29.6 Å². The molecule has 0 saturated heterocycles. The van der Waals surface area contributed by atoms with Crippen LogP contribution < -0.4 is 18.9 Å². The van der Waals surface area contributed by atoms with Crippen LogP contribution in [0.15, 0.2) is 97.1 Å². The van der Waals surface area contributed by atoms with Crippen LogP contribution in [0.5, 0.6) is 28.7 Å². The summed E-state index contributed by atoms with van der Waals surface area (Å²) in [6, 6.07) is 24.6. The molecule has 8 heteroatoms. The number of aromatic hydroxyl groups is 1. The van der Waals surface area contributed by atoms with Crippen LogP contribution >= 0.6 is 0 Å². The minimum Gasteiger partial charge on any atom is -0.508 e. The maximum absolute atomic E-state index is 12.7. The first-order valence-corrected chi connectivity index (χ1v) is 16.3. The first-order valence-electron chi connectivity index (χ1n) is 16.3. The molecule has 0 saturated carbocycles. The van der Waals surface area contributed by atoms with Crippen molar-refractivity contribution < 1.29 is 38.4 Å². The second-order valence-electron chi connectivity index (χ2n) is 11.3. The molecule has 0 heterocycles. The van der Waals surface area contributed by atoms with Crippen LogP contribution in [0.25, 0.3) is 0 Å². The standard InChI is InChI=1S/C39H42O8/c1-2-3-4-5-6-7-8-9-10-11-27-44-33-23-25-34(26-24-33)45-37(41)29-15-17-30(18-16-29)38(42)46-35-13-12-14-36(28-35)47-39(43)31-19-21-32(40)22-20-31/h12-26,28,40H,2-11,27H2,1H3. The number of unbranched alkanes of at least 4 members (excludes halogenated alkanes) is 9. The number of esters is 3. The van der Waals surface area contributed by atoms with Gasteiger partial charge in [0.2, 0.25) is 0 Å². The van der Waals surface area contributed by atoms with E-state index >= 15 is 0 Å². The molecule has 4 aromatic carbocycles. The minimum atomic E-state index is -0.652. The fraction of sp³-hybridized carbons (Fsp3) is 0.308. The highest BCUT2D eigenvalue weighted by atomic mass is 16.5. The van der Waals surface area contributed by atoms with Crippen molar-refractivity contribution in [3.05, 3.63) is 114 Å². The quantitative estimate of drug-likeness (QED) is 0.0652. The lowest BCUT2D eigenvalue weighted by Crippen LogP contribution is -2.11. The zero-order chi connectivity index (χ0) is 33.3. The SMILES string of the molecule is CCCCCCCCCCCCOc1ccc(OC(=O)c2ccc(C(=O)Oc3cccc(OC(=O)c4ccc(O)cc4)c3)cc2)cc1. The van der Waals surface area contributed by atoms with Crippen molar-refractivity contribution in [1.82, 2.24) is 0 Å². The number of benzene rings is 4. The van der Waals surface area contributed by atoms with E-state index in [-0.39, 0.29) is 33.9 Å². The number of phenolic OH excluding ortho intramolecular Hbond substituents is 1. The van der Waals surface area contributed by atoms with E-state index in [1.807, 2.05) is 0 Å². The summed E-state index contributed by atoms with van der Waals surface area (Å²) in [7, 11) is 0. The Balaban J connectivity index is 1.17. The van der Waals surface area contributed by atoms with Crippen molar-refractivity contribution in [2.45, 2.75) is 71.1 Å². The summed E-state index contributed by atoms with van der Waals surface area (Å²) >= 11 is 0. The van der Waals surface area contributed by atoms with Crippen LogP contribution in [-0.2, 0) is 0 Å². The van der Waals surface area contributed by atoms with Crippen molar-refractivity contribution >= 4 is 17.9 Å². The van der Waals surface area contributed by atoms with Gasteiger partial charge in [-0.05, 0) is 91.3 Å². The van der Waals surface area contributed by atoms with Gasteiger partial charge in [0.1, 0.15) is 28.7 Å². The van der Waals surface area contributed by atoms with Gasteiger partial charge in [-0.1, -0.05) is 70.8 Å². The average Bonchev–Trinajstić information content (AvgIpc) is 3.08. The Morgan fingerprint density at radius 1 is 0.489 bits per heavy atom. The first-order chi connectivity index (χ1) is 22.9. The lowest BCUT2D eigenvalue weighted by molar-refractivity contribution is 0.0716. The van der Waals surface area contributed by atoms with E-state index in [4.69, 9.17) is 18.9 Å². The largest absolute Gasteiger partial charge is 0.508 e.